The molecule has 2 aromatic rings. The summed E-state index contributed by atoms with van der Waals surface area (Å²) in [5.74, 6) is 0. The van der Waals surface area contributed by atoms with Gasteiger partial charge in [-0.2, -0.15) is 0 Å². The second kappa shape index (κ2) is 5.52. The van der Waals surface area contributed by atoms with Crippen molar-refractivity contribution in [2.45, 2.75) is 31.5 Å². The molecule has 0 radical (unpaired) electrons. The maximum Gasteiger partial charge on any atom is 0.164 e. The number of aliphatic hydroxyl groups is 3. The van der Waals surface area contributed by atoms with E-state index >= 15 is 0 Å². The van der Waals surface area contributed by atoms with Crippen LogP contribution < -0.4 is 5.73 Å². The quantitative estimate of drug-likeness (QED) is 0.529. The number of hydrogen-bond donors (Lipinski definition) is 4. The minimum Gasteiger partial charge on any atom is -0.394 e. The lowest BCUT2D eigenvalue weighted by Gasteiger charge is -2.17. The number of hydrogen-bond acceptors (Lipinski definition) is 7. The summed E-state index contributed by atoms with van der Waals surface area (Å²) >= 11 is 5.05. The van der Waals surface area contributed by atoms with Gasteiger partial charge in [-0.05, 0) is 6.92 Å². The van der Waals surface area contributed by atoms with Crippen LogP contribution in [0.5, 0.6) is 0 Å². The molecule has 0 spiro atoms. The third kappa shape index (κ3) is 2.18. The molecule has 2 aromatic heterocycles. The van der Waals surface area contributed by atoms with Crippen molar-refractivity contribution in [2.75, 3.05) is 6.61 Å². The van der Waals surface area contributed by atoms with E-state index in [1.54, 1.807) is 17.7 Å². The van der Waals surface area contributed by atoms with Gasteiger partial charge in [0.1, 0.15) is 35.3 Å². The van der Waals surface area contributed by atoms with Crippen molar-refractivity contribution in [3.05, 3.63) is 23.8 Å². The van der Waals surface area contributed by atoms with Gasteiger partial charge in [0.25, 0.3) is 0 Å². The third-order valence-electron chi connectivity index (χ3n) is 3.86. The minimum atomic E-state index is -1.21. The lowest BCUT2D eigenvalue weighted by Crippen LogP contribution is -2.33. The van der Waals surface area contributed by atoms with Gasteiger partial charge in [-0.25, -0.2) is 9.97 Å². The van der Waals surface area contributed by atoms with E-state index in [-0.39, 0.29) is 4.99 Å². The van der Waals surface area contributed by atoms with E-state index in [2.05, 4.69) is 9.97 Å². The predicted molar refractivity (Wildman–Crippen MR) is 81.2 cm³/mol. The zero-order valence-electron chi connectivity index (χ0n) is 11.7. The van der Waals surface area contributed by atoms with Crippen molar-refractivity contribution in [1.82, 2.24) is 14.5 Å². The van der Waals surface area contributed by atoms with E-state index < -0.39 is 31.1 Å². The number of rotatable bonds is 3. The van der Waals surface area contributed by atoms with Gasteiger partial charge in [-0.1, -0.05) is 12.2 Å². The average Bonchev–Trinajstić information content (AvgIpc) is 3.00. The first kappa shape index (κ1) is 15.3. The summed E-state index contributed by atoms with van der Waals surface area (Å²) in [5, 5.41) is 29.9. The number of aliphatic hydroxyl groups excluding tert-OH is 3. The molecule has 1 aliphatic heterocycles. The molecule has 5 N–H and O–H groups in total. The molecular formula is C13H16N4O4S. The van der Waals surface area contributed by atoms with E-state index in [0.717, 1.165) is 0 Å². The minimum absolute atomic E-state index is 0.174. The van der Waals surface area contributed by atoms with Crippen molar-refractivity contribution in [1.29, 1.82) is 0 Å². The van der Waals surface area contributed by atoms with E-state index in [4.69, 9.17) is 22.7 Å². The number of aromatic nitrogens is 3. The largest absolute Gasteiger partial charge is 0.394 e. The highest BCUT2D eigenvalue weighted by Crippen LogP contribution is 2.33. The van der Waals surface area contributed by atoms with E-state index in [1.807, 2.05) is 0 Å². The van der Waals surface area contributed by atoms with Crippen molar-refractivity contribution in [2.24, 2.45) is 5.73 Å². The standard InChI is InChI=1S/C13H16N4O4S/c1-5-8-6(11(14)22)2-17(12(8)16-4-15-5)13-10(20)9(19)7(3-18)21-13/h2,4,7,9-10,13,18-20H,3H2,1H3,(H2,14,22). The fraction of sp³-hybridized carbons (Fsp3) is 0.462. The molecule has 3 rings (SSSR count). The van der Waals surface area contributed by atoms with Crippen LogP contribution in [0.1, 0.15) is 17.5 Å². The molecule has 0 aliphatic carbocycles. The zero-order chi connectivity index (χ0) is 16.0. The highest BCUT2D eigenvalue weighted by Gasteiger charge is 2.44. The van der Waals surface area contributed by atoms with Crippen LogP contribution in [0.3, 0.4) is 0 Å². The number of nitrogens with zero attached hydrogens (tertiary/aromatic N) is 3. The summed E-state index contributed by atoms with van der Waals surface area (Å²) in [4.78, 5) is 8.50. The second-order valence-corrected chi connectivity index (χ2v) is 5.64. The summed E-state index contributed by atoms with van der Waals surface area (Å²) in [6.45, 7) is 1.40. The molecule has 9 heteroatoms. The van der Waals surface area contributed by atoms with Crippen LogP contribution in [-0.4, -0.2) is 59.8 Å². The highest BCUT2D eigenvalue weighted by atomic mass is 32.1. The lowest BCUT2D eigenvalue weighted by atomic mass is 10.1. The normalized spacial score (nSPS) is 28.4. The summed E-state index contributed by atoms with van der Waals surface area (Å²) in [6, 6.07) is 0. The Morgan fingerprint density at radius 1 is 1.41 bits per heavy atom. The van der Waals surface area contributed by atoms with Gasteiger partial charge < -0.3 is 30.4 Å². The number of thiocarbonyl (C=S) groups is 1. The molecule has 0 aromatic carbocycles. The Balaban J connectivity index is 2.16. The van der Waals surface area contributed by atoms with Crippen molar-refractivity contribution in [3.8, 4) is 0 Å². The Labute approximate surface area is 131 Å². The molecule has 1 aliphatic rings. The summed E-state index contributed by atoms with van der Waals surface area (Å²) in [7, 11) is 0. The number of nitrogens with two attached hydrogens (primary N) is 1. The fourth-order valence-electron chi connectivity index (χ4n) is 2.73. The molecular weight excluding hydrogens is 308 g/mol. The van der Waals surface area contributed by atoms with Crippen LogP contribution in [0, 0.1) is 6.92 Å². The topological polar surface area (TPSA) is 127 Å². The Morgan fingerprint density at radius 3 is 2.73 bits per heavy atom. The number of fused-ring (bicyclic) bond motifs is 1. The van der Waals surface area contributed by atoms with Crippen LogP contribution in [0.2, 0.25) is 0 Å². The second-order valence-electron chi connectivity index (χ2n) is 5.20. The van der Waals surface area contributed by atoms with E-state index in [9.17, 15) is 15.3 Å². The molecule has 1 saturated heterocycles. The first-order valence-electron chi connectivity index (χ1n) is 6.70. The molecule has 1 fully saturated rings. The Kier molecular flexibility index (Phi) is 3.83. The van der Waals surface area contributed by atoms with Crippen molar-refractivity contribution in [3.63, 3.8) is 0 Å². The van der Waals surface area contributed by atoms with E-state index in [1.165, 1.54) is 6.33 Å². The Hall–Kier alpha value is -1.65. The SMILES string of the molecule is Cc1ncnc2c1c(C(N)=S)cn2C1OC(CO)C(O)C1O. The maximum atomic E-state index is 10.2. The zero-order valence-corrected chi connectivity index (χ0v) is 12.6. The summed E-state index contributed by atoms with van der Waals surface area (Å²) in [5.41, 5.74) is 7.50. The van der Waals surface area contributed by atoms with Crippen LogP contribution in [0.15, 0.2) is 12.5 Å². The maximum absolute atomic E-state index is 10.2. The molecule has 4 atom stereocenters. The van der Waals surface area contributed by atoms with Crippen molar-refractivity contribution >= 4 is 28.2 Å². The van der Waals surface area contributed by atoms with Crippen LogP contribution in [-0.2, 0) is 4.74 Å². The summed E-state index contributed by atoms with van der Waals surface area (Å²) < 4.78 is 7.09. The summed E-state index contributed by atoms with van der Waals surface area (Å²) in [6.07, 6.45) is -1.15. The molecule has 0 bridgehead atoms. The molecule has 8 nitrogen and oxygen atoms in total. The molecule has 0 amide bonds. The first-order chi connectivity index (χ1) is 10.5. The monoisotopic (exact) mass is 324 g/mol. The van der Waals surface area contributed by atoms with Gasteiger partial charge in [0.15, 0.2) is 6.23 Å². The average molecular weight is 324 g/mol. The van der Waals surface area contributed by atoms with E-state index in [0.29, 0.717) is 22.3 Å². The van der Waals surface area contributed by atoms with Gasteiger partial charge in [0.2, 0.25) is 0 Å². The first-order valence-corrected chi connectivity index (χ1v) is 7.11. The number of aryl methyl sites for hydroxylation is 1. The molecule has 22 heavy (non-hydrogen) atoms. The predicted octanol–water partition coefficient (Wildman–Crippen LogP) is -1.01. The Bertz CT molecular complexity index is 734. The smallest absolute Gasteiger partial charge is 0.164 e. The Morgan fingerprint density at radius 2 is 2.14 bits per heavy atom. The molecule has 3 heterocycles. The van der Waals surface area contributed by atoms with Crippen LogP contribution in [0.4, 0.5) is 0 Å². The molecule has 118 valence electrons. The van der Waals surface area contributed by atoms with Gasteiger partial charge in [-0.15, -0.1) is 0 Å². The highest BCUT2D eigenvalue weighted by molar-refractivity contribution is 7.80. The lowest BCUT2D eigenvalue weighted by molar-refractivity contribution is -0.0508. The van der Waals surface area contributed by atoms with Gasteiger partial charge >= 0.3 is 0 Å². The molecule has 4 unspecified atom stereocenters. The van der Waals surface area contributed by atoms with Crippen LogP contribution >= 0.6 is 12.2 Å². The van der Waals surface area contributed by atoms with Gasteiger partial charge in [-0.3, -0.25) is 0 Å². The number of ether oxygens (including phenoxy) is 1. The third-order valence-corrected chi connectivity index (χ3v) is 4.08. The van der Waals surface area contributed by atoms with Crippen molar-refractivity contribution < 1.29 is 20.1 Å². The fourth-order valence-corrected chi connectivity index (χ4v) is 2.88. The van der Waals surface area contributed by atoms with Crippen LogP contribution in [0.25, 0.3) is 11.0 Å². The molecule has 0 saturated carbocycles. The van der Waals surface area contributed by atoms with Gasteiger partial charge in [0, 0.05) is 11.8 Å². The van der Waals surface area contributed by atoms with Gasteiger partial charge in [0.05, 0.1) is 17.7 Å².